The Hall–Kier alpha value is -2.03. The molecule has 2 unspecified atom stereocenters. The summed E-state index contributed by atoms with van der Waals surface area (Å²) in [5, 5.41) is 0. The van der Waals surface area contributed by atoms with Crippen molar-refractivity contribution < 1.29 is 42.1 Å². The van der Waals surface area contributed by atoms with Gasteiger partial charge in [-0.3, -0.25) is 18.6 Å². The molecule has 0 aromatic carbocycles. The number of phosphoric acid groups is 1. The van der Waals surface area contributed by atoms with Crippen molar-refractivity contribution in [3.8, 4) is 0 Å². The third-order valence-electron chi connectivity index (χ3n) is 17.1. The van der Waals surface area contributed by atoms with Crippen LogP contribution in [0, 0.1) is 0 Å². The summed E-state index contributed by atoms with van der Waals surface area (Å²) in [5.41, 5.74) is 0. The molecule has 0 saturated heterocycles. The van der Waals surface area contributed by atoms with E-state index in [1.54, 1.807) is 0 Å². The number of quaternary nitrogens is 1. The number of nitrogens with zero attached hydrogens (tertiary/aromatic N) is 1. The van der Waals surface area contributed by atoms with Gasteiger partial charge in [-0.1, -0.05) is 364 Å². The zero-order valence-electron chi connectivity index (χ0n) is 58.5. The van der Waals surface area contributed by atoms with E-state index in [1.807, 2.05) is 21.1 Å². The van der Waals surface area contributed by atoms with Crippen LogP contribution in [0.4, 0.5) is 0 Å². The van der Waals surface area contributed by atoms with Crippen molar-refractivity contribution in [3.05, 3.63) is 48.6 Å². The molecule has 0 aromatic rings. The maximum Gasteiger partial charge on any atom is 0.472 e. The third-order valence-corrected chi connectivity index (χ3v) is 18.1. The molecule has 0 aliphatic carbocycles. The molecule has 0 fully saturated rings. The number of carbonyl (C=O) groups is 2. The normalized spacial score (nSPS) is 13.3. The van der Waals surface area contributed by atoms with Gasteiger partial charge < -0.3 is 18.9 Å². The highest BCUT2D eigenvalue weighted by Gasteiger charge is 2.27. The van der Waals surface area contributed by atoms with Crippen LogP contribution in [0.3, 0.4) is 0 Å². The van der Waals surface area contributed by atoms with Crippen molar-refractivity contribution in [2.75, 3.05) is 47.5 Å². The van der Waals surface area contributed by atoms with Crippen molar-refractivity contribution in [3.63, 3.8) is 0 Å². The maximum atomic E-state index is 12.9. The first-order valence-corrected chi connectivity index (χ1v) is 39.4. The second kappa shape index (κ2) is 68.3. The summed E-state index contributed by atoms with van der Waals surface area (Å²) < 4.78 is 34.8. The minimum atomic E-state index is -4.39. The van der Waals surface area contributed by atoms with Crippen LogP contribution in [-0.4, -0.2) is 74.9 Å². The highest BCUT2D eigenvalue weighted by molar-refractivity contribution is 7.47. The molecule has 87 heavy (non-hydrogen) atoms. The van der Waals surface area contributed by atoms with E-state index in [2.05, 4.69) is 62.5 Å². The van der Waals surface area contributed by atoms with Crippen LogP contribution >= 0.6 is 7.82 Å². The molecule has 0 radical (unpaired) electrons. The lowest BCUT2D eigenvalue weighted by Gasteiger charge is -2.24. The molecule has 0 aromatic heterocycles. The van der Waals surface area contributed by atoms with Crippen LogP contribution in [0.25, 0.3) is 0 Å². The Morgan fingerprint density at radius 3 is 0.977 bits per heavy atom. The summed E-state index contributed by atoms with van der Waals surface area (Å²) in [6, 6.07) is 0. The first-order valence-electron chi connectivity index (χ1n) is 37.9. The van der Waals surface area contributed by atoms with Gasteiger partial charge in [0.1, 0.15) is 19.8 Å². The van der Waals surface area contributed by atoms with Crippen LogP contribution in [0.1, 0.15) is 380 Å². The molecule has 0 spiro atoms. The summed E-state index contributed by atoms with van der Waals surface area (Å²) in [6.07, 6.45) is 89.6. The molecule has 2 atom stereocenters. The molecule has 0 bridgehead atoms. The van der Waals surface area contributed by atoms with E-state index in [-0.39, 0.29) is 25.6 Å². The van der Waals surface area contributed by atoms with Gasteiger partial charge in [-0.05, 0) is 51.4 Å². The van der Waals surface area contributed by atoms with E-state index in [4.69, 9.17) is 18.5 Å². The van der Waals surface area contributed by atoms with Crippen molar-refractivity contribution in [1.29, 1.82) is 0 Å². The second-order valence-corrected chi connectivity index (χ2v) is 28.5. The Morgan fingerprint density at radius 1 is 0.368 bits per heavy atom. The molecular formula is C77H147NO8P+. The van der Waals surface area contributed by atoms with Gasteiger partial charge in [-0.2, -0.15) is 0 Å². The molecule has 9 nitrogen and oxygen atoms in total. The average molecular weight is 1250 g/mol. The van der Waals surface area contributed by atoms with E-state index >= 15 is 0 Å². The highest BCUT2D eigenvalue weighted by Crippen LogP contribution is 2.43. The molecule has 0 aliphatic heterocycles. The summed E-state index contributed by atoms with van der Waals surface area (Å²) in [7, 11) is 1.50. The monoisotopic (exact) mass is 1250 g/mol. The molecule has 0 amide bonds. The Labute approximate surface area is 541 Å². The van der Waals surface area contributed by atoms with E-state index < -0.39 is 26.5 Å². The first-order chi connectivity index (χ1) is 42.5. The molecule has 512 valence electrons. The average Bonchev–Trinajstić information content (AvgIpc) is 3.67. The minimum absolute atomic E-state index is 0.0350. The Bertz CT molecular complexity index is 1610. The Kier molecular flexibility index (Phi) is 66.7. The molecule has 0 rings (SSSR count). The number of esters is 2. The number of carbonyl (C=O) groups excluding carboxylic acids is 2. The number of likely N-dealkylation sites (N-methyl/N-ethyl adjacent to an activating group) is 1. The van der Waals surface area contributed by atoms with E-state index in [1.165, 1.54) is 289 Å². The highest BCUT2D eigenvalue weighted by atomic mass is 31.2. The smallest absolute Gasteiger partial charge is 0.462 e. The van der Waals surface area contributed by atoms with E-state index in [9.17, 15) is 19.0 Å². The van der Waals surface area contributed by atoms with Gasteiger partial charge in [0.15, 0.2) is 6.10 Å². The molecule has 10 heteroatoms. The topological polar surface area (TPSA) is 108 Å². The third kappa shape index (κ3) is 72.9. The fourth-order valence-electron chi connectivity index (χ4n) is 11.4. The lowest BCUT2D eigenvalue weighted by atomic mass is 10.0. The zero-order valence-corrected chi connectivity index (χ0v) is 59.4. The second-order valence-electron chi connectivity index (χ2n) is 27.0. The minimum Gasteiger partial charge on any atom is -0.462 e. The van der Waals surface area contributed by atoms with E-state index in [0.717, 1.165) is 57.8 Å². The number of ether oxygens (including phenoxy) is 2. The fraction of sp³-hybridized carbons (Fsp3) is 0.870. The van der Waals surface area contributed by atoms with Gasteiger partial charge in [0.25, 0.3) is 0 Å². The van der Waals surface area contributed by atoms with Gasteiger partial charge in [0.05, 0.1) is 27.7 Å². The fourth-order valence-corrected chi connectivity index (χ4v) is 12.1. The number of unbranched alkanes of at least 4 members (excludes halogenated alkanes) is 49. The summed E-state index contributed by atoms with van der Waals surface area (Å²) >= 11 is 0. The lowest BCUT2D eigenvalue weighted by molar-refractivity contribution is -0.870. The van der Waals surface area contributed by atoms with Crippen LogP contribution in [0.15, 0.2) is 48.6 Å². The quantitative estimate of drug-likeness (QED) is 0.0211. The predicted octanol–water partition coefficient (Wildman–Crippen LogP) is 24.8. The van der Waals surface area contributed by atoms with Crippen molar-refractivity contribution in [2.24, 2.45) is 0 Å². The predicted molar refractivity (Wildman–Crippen MR) is 377 cm³/mol. The summed E-state index contributed by atoms with van der Waals surface area (Å²) in [4.78, 5) is 35.9. The van der Waals surface area contributed by atoms with Crippen LogP contribution in [0.5, 0.6) is 0 Å². The maximum absolute atomic E-state index is 12.9. The molecule has 1 N–H and O–H groups in total. The Balaban J connectivity index is 3.94. The molecule has 0 heterocycles. The van der Waals surface area contributed by atoms with Crippen molar-refractivity contribution in [2.45, 2.75) is 386 Å². The van der Waals surface area contributed by atoms with Gasteiger partial charge >= 0.3 is 19.8 Å². The largest absolute Gasteiger partial charge is 0.472 e. The summed E-state index contributed by atoms with van der Waals surface area (Å²) in [5.74, 6) is -0.772. The van der Waals surface area contributed by atoms with Crippen LogP contribution < -0.4 is 0 Å². The van der Waals surface area contributed by atoms with Gasteiger partial charge in [-0.25, -0.2) is 4.57 Å². The van der Waals surface area contributed by atoms with Crippen LogP contribution in [0.2, 0.25) is 0 Å². The Morgan fingerprint density at radius 2 is 0.655 bits per heavy atom. The number of hydrogen-bond donors (Lipinski definition) is 1. The molecular weight excluding hydrogens is 1100 g/mol. The van der Waals surface area contributed by atoms with E-state index in [0.29, 0.717) is 23.9 Å². The standard InChI is InChI=1S/C77H146NO8P/c1-6-8-10-12-14-16-18-20-22-24-26-28-30-32-34-36-37-38-39-40-41-42-44-46-48-50-52-54-56-58-60-62-64-66-68-70-77(80)86-75(74-85-87(81,82)84-72-71-78(3,4)5)73-83-76(79)69-67-65-63-61-59-57-55-53-51-49-47-45-43-35-33-31-29-27-25-23-21-19-17-15-13-11-9-7-2/h8,10,14,16,20,22,26,28,75H,6-7,9,11-13,15,17-19,21,23-25,27,29-74H2,1-5H3/p+1/b10-8-,16-14-,22-20-,28-26-. The van der Waals surface area contributed by atoms with Gasteiger partial charge in [0, 0.05) is 12.8 Å². The SMILES string of the molecule is CC/C=C\C/C=C\C/C=C\C/C=C\CCCCCCCCCCCCCCCCCCCCCCCCC(=O)OC(COC(=O)CCCCCCCCCCCCCCCCCCCCCCCCCCCCCC)COP(=O)(O)OCC[N+](C)(C)C. The van der Waals surface area contributed by atoms with Gasteiger partial charge in [0.2, 0.25) is 0 Å². The van der Waals surface area contributed by atoms with Crippen molar-refractivity contribution >= 4 is 19.8 Å². The number of phosphoric ester groups is 1. The lowest BCUT2D eigenvalue weighted by Crippen LogP contribution is -2.37. The number of allylic oxidation sites excluding steroid dienone is 8. The van der Waals surface area contributed by atoms with Crippen LogP contribution in [-0.2, 0) is 32.7 Å². The number of rotatable bonds is 71. The van der Waals surface area contributed by atoms with Crippen molar-refractivity contribution in [1.82, 2.24) is 0 Å². The molecule has 0 saturated carbocycles. The first kappa shape index (κ1) is 85.0. The number of hydrogen-bond acceptors (Lipinski definition) is 7. The zero-order chi connectivity index (χ0) is 63.4. The summed E-state index contributed by atoms with van der Waals surface area (Å²) in [6.45, 7) is 4.40. The molecule has 0 aliphatic rings. The van der Waals surface area contributed by atoms with Gasteiger partial charge in [-0.15, -0.1) is 0 Å².